The number of fused-ring (bicyclic) bond motifs is 1. The Labute approximate surface area is 103 Å². The highest BCUT2D eigenvalue weighted by atomic mass is 16.1. The van der Waals surface area contributed by atoms with Gasteiger partial charge in [0, 0.05) is 5.56 Å². The van der Waals surface area contributed by atoms with Crippen LogP contribution >= 0.6 is 0 Å². The summed E-state index contributed by atoms with van der Waals surface area (Å²) in [5.41, 5.74) is 3.26. The molecule has 0 aliphatic rings. The number of aromatic amines is 1. The van der Waals surface area contributed by atoms with Gasteiger partial charge in [-0.15, -0.1) is 0 Å². The number of imidazole rings is 1. The third-order valence-electron chi connectivity index (χ3n) is 2.93. The van der Waals surface area contributed by atoms with E-state index in [1.54, 1.807) is 10.6 Å². The molecule has 0 spiro atoms. The van der Waals surface area contributed by atoms with Crippen molar-refractivity contribution >= 4 is 5.52 Å². The van der Waals surface area contributed by atoms with Crippen LogP contribution in [-0.4, -0.2) is 19.6 Å². The fourth-order valence-corrected chi connectivity index (χ4v) is 2.04. The van der Waals surface area contributed by atoms with E-state index in [0.717, 1.165) is 22.3 Å². The summed E-state index contributed by atoms with van der Waals surface area (Å²) in [7, 11) is 0. The first-order valence-electron chi connectivity index (χ1n) is 5.66. The zero-order chi connectivity index (χ0) is 12.7. The monoisotopic (exact) mass is 240 g/mol. The molecule has 2 aromatic heterocycles. The van der Waals surface area contributed by atoms with Gasteiger partial charge in [0.2, 0.25) is 0 Å². The molecule has 90 valence electrons. The van der Waals surface area contributed by atoms with Crippen LogP contribution in [-0.2, 0) is 0 Å². The van der Waals surface area contributed by atoms with Gasteiger partial charge in [0.25, 0.3) is 0 Å². The van der Waals surface area contributed by atoms with Gasteiger partial charge in [-0.05, 0) is 19.9 Å². The summed E-state index contributed by atoms with van der Waals surface area (Å²) >= 11 is 0. The second kappa shape index (κ2) is 3.80. The first-order valence-corrected chi connectivity index (χ1v) is 5.66. The topological polar surface area (TPSA) is 63.0 Å². The number of hydrogen-bond donors (Lipinski definition) is 1. The Morgan fingerprint density at radius 2 is 2.11 bits per heavy atom. The van der Waals surface area contributed by atoms with Gasteiger partial charge in [-0.1, -0.05) is 23.8 Å². The third-order valence-corrected chi connectivity index (χ3v) is 2.93. The normalized spacial score (nSPS) is 11.0. The van der Waals surface area contributed by atoms with Gasteiger partial charge < -0.3 is 0 Å². The second-order valence-corrected chi connectivity index (χ2v) is 4.29. The Morgan fingerprint density at radius 3 is 2.89 bits per heavy atom. The van der Waals surface area contributed by atoms with Crippen molar-refractivity contribution in [3.63, 3.8) is 0 Å². The fraction of sp³-hybridized carbons (Fsp3) is 0.154. The van der Waals surface area contributed by atoms with Crippen LogP contribution in [0.2, 0.25) is 0 Å². The number of nitrogens with one attached hydrogen (secondary N) is 1. The van der Waals surface area contributed by atoms with Crippen LogP contribution in [0.3, 0.4) is 0 Å². The van der Waals surface area contributed by atoms with E-state index in [0.29, 0.717) is 5.82 Å². The molecule has 5 nitrogen and oxygen atoms in total. The highest BCUT2D eigenvalue weighted by molar-refractivity contribution is 5.63. The first kappa shape index (κ1) is 10.7. The summed E-state index contributed by atoms with van der Waals surface area (Å²) in [4.78, 5) is 16.2. The number of aromatic nitrogens is 4. The zero-order valence-electron chi connectivity index (χ0n) is 10.1. The third kappa shape index (κ3) is 1.52. The summed E-state index contributed by atoms with van der Waals surface area (Å²) in [6, 6.07) is 7.91. The van der Waals surface area contributed by atoms with E-state index in [-0.39, 0.29) is 5.69 Å². The maximum absolute atomic E-state index is 11.9. The van der Waals surface area contributed by atoms with Crippen molar-refractivity contribution in [2.45, 2.75) is 13.8 Å². The van der Waals surface area contributed by atoms with E-state index in [1.807, 2.05) is 38.1 Å². The Hall–Kier alpha value is -2.43. The molecule has 2 heterocycles. The van der Waals surface area contributed by atoms with E-state index in [1.165, 1.54) is 0 Å². The Bertz CT molecular complexity index is 785. The molecule has 0 atom stereocenters. The standard InChI is InChI=1S/C13H12N4O/c1-8-4-3-5-10(6-8)12-14-7-11-9(2)15-16-13(18)17(11)12/h3-7H,1-2H3,(H,16,18). The van der Waals surface area contributed by atoms with Gasteiger partial charge in [0.1, 0.15) is 5.82 Å². The van der Waals surface area contributed by atoms with Crippen LogP contribution in [0.5, 0.6) is 0 Å². The predicted octanol–water partition coefficient (Wildman–Crippen LogP) is 1.70. The smallest absolute Gasteiger partial charge is 0.246 e. The molecule has 0 aliphatic heterocycles. The number of benzene rings is 1. The first-order chi connectivity index (χ1) is 8.66. The number of H-pyrrole nitrogens is 1. The average molecular weight is 240 g/mol. The van der Waals surface area contributed by atoms with Gasteiger partial charge in [-0.3, -0.25) is 0 Å². The molecule has 0 saturated carbocycles. The van der Waals surface area contributed by atoms with Gasteiger partial charge in [-0.2, -0.15) is 5.10 Å². The van der Waals surface area contributed by atoms with Crippen molar-refractivity contribution in [3.8, 4) is 11.4 Å². The van der Waals surface area contributed by atoms with Crippen LogP contribution in [0.1, 0.15) is 11.3 Å². The highest BCUT2D eigenvalue weighted by Crippen LogP contribution is 2.19. The number of rotatable bonds is 1. The molecule has 1 N–H and O–H groups in total. The van der Waals surface area contributed by atoms with Crippen molar-refractivity contribution in [3.05, 3.63) is 52.2 Å². The van der Waals surface area contributed by atoms with Crippen molar-refractivity contribution < 1.29 is 0 Å². The van der Waals surface area contributed by atoms with Crippen molar-refractivity contribution in [2.75, 3.05) is 0 Å². The van der Waals surface area contributed by atoms with E-state index < -0.39 is 0 Å². The van der Waals surface area contributed by atoms with Gasteiger partial charge in [-0.25, -0.2) is 19.3 Å². The summed E-state index contributed by atoms with van der Waals surface area (Å²) in [5.74, 6) is 0.639. The number of hydrogen-bond acceptors (Lipinski definition) is 3. The molecular weight excluding hydrogens is 228 g/mol. The van der Waals surface area contributed by atoms with E-state index in [4.69, 9.17) is 0 Å². The molecule has 0 aliphatic carbocycles. The van der Waals surface area contributed by atoms with Crippen LogP contribution in [0.15, 0.2) is 35.3 Å². The fourth-order valence-electron chi connectivity index (χ4n) is 2.04. The highest BCUT2D eigenvalue weighted by Gasteiger charge is 2.11. The summed E-state index contributed by atoms with van der Waals surface area (Å²) in [6.45, 7) is 3.85. The quantitative estimate of drug-likeness (QED) is 0.704. The van der Waals surface area contributed by atoms with Crippen LogP contribution < -0.4 is 5.69 Å². The largest absolute Gasteiger partial charge is 0.348 e. The van der Waals surface area contributed by atoms with Gasteiger partial charge in [0.05, 0.1) is 17.4 Å². The SMILES string of the molecule is Cc1cccc(-c2ncc3c(C)n[nH]c(=O)n23)c1. The zero-order valence-corrected chi connectivity index (χ0v) is 10.1. The maximum Gasteiger partial charge on any atom is 0.348 e. The minimum atomic E-state index is -0.274. The summed E-state index contributed by atoms with van der Waals surface area (Å²) in [6.07, 6.45) is 1.68. The average Bonchev–Trinajstić information content (AvgIpc) is 2.80. The van der Waals surface area contributed by atoms with E-state index >= 15 is 0 Å². The second-order valence-electron chi connectivity index (χ2n) is 4.29. The lowest BCUT2D eigenvalue weighted by Crippen LogP contribution is -2.19. The number of nitrogens with zero attached hydrogens (tertiary/aromatic N) is 3. The van der Waals surface area contributed by atoms with Crippen molar-refractivity contribution in [2.24, 2.45) is 0 Å². The van der Waals surface area contributed by atoms with Gasteiger partial charge >= 0.3 is 5.69 Å². The molecule has 3 aromatic rings. The molecule has 1 aromatic carbocycles. The lowest BCUT2D eigenvalue weighted by molar-refractivity contribution is 0.864. The lowest BCUT2D eigenvalue weighted by atomic mass is 10.1. The van der Waals surface area contributed by atoms with Crippen molar-refractivity contribution in [1.29, 1.82) is 0 Å². The molecule has 0 radical (unpaired) electrons. The maximum atomic E-state index is 11.9. The van der Waals surface area contributed by atoms with E-state index in [2.05, 4.69) is 15.2 Å². The Morgan fingerprint density at radius 1 is 1.28 bits per heavy atom. The molecule has 0 saturated heterocycles. The van der Waals surface area contributed by atoms with Crippen LogP contribution in [0.25, 0.3) is 16.9 Å². The minimum Gasteiger partial charge on any atom is -0.246 e. The molecule has 0 bridgehead atoms. The summed E-state index contributed by atoms with van der Waals surface area (Å²) in [5, 5.41) is 6.40. The number of aryl methyl sites for hydroxylation is 2. The molecule has 0 fully saturated rings. The van der Waals surface area contributed by atoms with Gasteiger partial charge in [0.15, 0.2) is 0 Å². The lowest BCUT2D eigenvalue weighted by Gasteiger charge is -2.02. The van der Waals surface area contributed by atoms with Crippen molar-refractivity contribution in [1.82, 2.24) is 19.6 Å². The molecule has 18 heavy (non-hydrogen) atoms. The minimum absolute atomic E-state index is 0.274. The molecule has 5 heteroatoms. The van der Waals surface area contributed by atoms with E-state index in [9.17, 15) is 4.79 Å². The summed E-state index contributed by atoms with van der Waals surface area (Å²) < 4.78 is 1.55. The van der Waals surface area contributed by atoms with Crippen LogP contribution in [0.4, 0.5) is 0 Å². The Balaban J connectivity index is 2.38. The molecule has 3 rings (SSSR count). The Kier molecular flexibility index (Phi) is 2.26. The molecule has 0 amide bonds. The molecule has 0 unspecified atom stereocenters. The molecular formula is C13H12N4O. The predicted molar refractivity (Wildman–Crippen MR) is 68.5 cm³/mol. The van der Waals surface area contributed by atoms with Crippen LogP contribution in [0, 0.1) is 13.8 Å².